The number of hydrogen-bond acceptors (Lipinski definition) is 5. The minimum absolute atomic E-state index is 0.293. The first-order valence-electron chi connectivity index (χ1n) is 5.10. The molecule has 1 aromatic heterocycles. The zero-order valence-electron chi connectivity index (χ0n) is 9.84. The Kier molecular flexibility index (Phi) is 3.20. The van der Waals surface area contributed by atoms with E-state index in [1.54, 1.807) is 31.2 Å². The topological polar surface area (TPSA) is 70.8 Å². The molecule has 0 aliphatic carbocycles. The number of hydrogen-bond donors (Lipinski definition) is 0. The Hall–Kier alpha value is -1.71. The summed E-state index contributed by atoms with van der Waals surface area (Å²) in [5, 5.41) is 9.36. The summed E-state index contributed by atoms with van der Waals surface area (Å²) in [5.74, 6) is 0. The molecule has 0 spiro atoms. The van der Waals surface area contributed by atoms with E-state index in [2.05, 4.69) is 4.98 Å². The van der Waals surface area contributed by atoms with Gasteiger partial charge in [-0.25, -0.2) is 13.4 Å². The van der Waals surface area contributed by atoms with Gasteiger partial charge in [0.15, 0.2) is 9.84 Å². The van der Waals surface area contributed by atoms with E-state index < -0.39 is 9.84 Å². The third-order valence-corrected chi connectivity index (χ3v) is 5.48. The van der Waals surface area contributed by atoms with Gasteiger partial charge in [0.25, 0.3) is 0 Å². The SMILES string of the molecule is Cc1nc(-c2ccc(C#N)cc2)sc1S(C)(=O)=O. The van der Waals surface area contributed by atoms with E-state index in [0.29, 0.717) is 20.5 Å². The van der Waals surface area contributed by atoms with Gasteiger partial charge in [-0.2, -0.15) is 5.26 Å². The average molecular weight is 278 g/mol. The third kappa shape index (κ3) is 2.42. The van der Waals surface area contributed by atoms with Crippen molar-refractivity contribution in [1.82, 2.24) is 4.98 Å². The van der Waals surface area contributed by atoms with E-state index in [-0.39, 0.29) is 0 Å². The molecule has 2 aromatic rings. The highest BCUT2D eigenvalue weighted by Crippen LogP contribution is 2.30. The summed E-state index contributed by atoms with van der Waals surface area (Å²) in [5.41, 5.74) is 1.90. The van der Waals surface area contributed by atoms with E-state index in [1.807, 2.05) is 6.07 Å². The molecule has 0 atom stereocenters. The van der Waals surface area contributed by atoms with Crippen LogP contribution in [-0.2, 0) is 9.84 Å². The van der Waals surface area contributed by atoms with Gasteiger partial charge in [0.1, 0.15) is 9.22 Å². The first-order chi connectivity index (χ1) is 8.41. The second-order valence-electron chi connectivity index (χ2n) is 3.85. The van der Waals surface area contributed by atoms with Crippen molar-refractivity contribution in [2.45, 2.75) is 11.1 Å². The van der Waals surface area contributed by atoms with Gasteiger partial charge in [-0.05, 0) is 19.1 Å². The summed E-state index contributed by atoms with van der Waals surface area (Å²) < 4.78 is 23.3. The van der Waals surface area contributed by atoms with Gasteiger partial charge >= 0.3 is 0 Å². The van der Waals surface area contributed by atoms with Crippen molar-refractivity contribution in [2.75, 3.05) is 6.26 Å². The maximum absolute atomic E-state index is 11.5. The second-order valence-corrected chi connectivity index (χ2v) is 7.06. The molecular weight excluding hydrogens is 268 g/mol. The van der Waals surface area contributed by atoms with Crippen molar-refractivity contribution in [1.29, 1.82) is 5.26 Å². The highest BCUT2D eigenvalue weighted by molar-refractivity contribution is 7.92. The van der Waals surface area contributed by atoms with E-state index >= 15 is 0 Å². The standard InChI is InChI=1S/C12H10N2O2S2/c1-8-12(18(2,15)16)17-11(14-8)10-5-3-9(7-13)4-6-10/h3-6H,1-2H3. The maximum atomic E-state index is 11.5. The molecule has 4 nitrogen and oxygen atoms in total. The number of sulfone groups is 1. The van der Waals surface area contributed by atoms with Crippen LogP contribution in [0.15, 0.2) is 28.5 Å². The second kappa shape index (κ2) is 4.52. The van der Waals surface area contributed by atoms with Gasteiger partial charge < -0.3 is 0 Å². The lowest BCUT2D eigenvalue weighted by Gasteiger charge is -1.95. The smallest absolute Gasteiger partial charge is 0.186 e. The molecule has 0 N–H and O–H groups in total. The number of benzene rings is 1. The minimum Gasteiger partial charge on any atom is -0.240 e. The van der Waals surface area contributed by atoms with Crippen LogP contribution in [0, 0.1) is 18.3 Å². The fraction of sp³-hybridized carbons (Fsp3) is 0.167. The summed E-state index contributed by atoms with van der Waals surface area (Å²) in [6.45, 7) is 1.68. The molecule has 0 aliphatic rings. The van der Waals surface area contributed by atoms with Crippen LogP contribution in [0.4, 0.5) is 0 Å². The van der Waals surface area contributed by atoms with Crippen molar-refractivity contribution < 1.29 is 8.42 Å². The lowest BCUT2D eigenvalue weighted by molar-refractivity contribution is 0.603. The van der Waals surface area contributed by atoms with Gasteiger partial charge in [0.2, 0.25) is 0 Å². The van der Waals surface area contributed by atoms with Gasteiger partial charge in [0.05, 0.1) is 17.3 Å². The Morgan fingerprint density at radius 1 is 1.28 bits per heavy atom. The van der Waals surface area contributed by atoms with Gasteiger partial charge in [-0.1, -0.05) is 12.1 Å². The first kappa shape index (κ1) is 12.7. The van der Waals surface area contributed by atoms with E-state index in [0.717, 1.165) is 16.9 Å². The van der Waals surface area contributed by atoms with Crippen LogP contribution in [0.25, 0.3) is 10.6 Å². The van der Waals surface area contributed by atoms with Crippen LogP contribution in [0.3, 0.4) is 0 Å². The number of thiazole rings is 1. The zero-order chi connectivity index (χ0) is 13.3. The Morgan fingerprint density at radius 2 is 1.89 bits per heavy atom. The number of aryl methyl sites for hydroxylation is 1. The normalized spacial score (nSPS) is 11.2. The molecule has 0 radical (unpaired) electrons. The molecule has 92 valence electrons. The lowest BCUT2D eigenvalue weighted by atomic mass is 10.1. The van der Waals surface area contributed by atoms with Crippen LogP contribution in [0.5, 0.6) is 0 Å². The van der Waals surface area contributed by atoms with Gasteiger partial charge in [-0.3, -0.25) is 0 Å². The van der Waals surface area contributed by atoms with Gasteiger partial charge in [-0.15, -0.1) is 11.3 Å². The van der Waals surface area contributed by atoms with Crippen molar-refractivity contribution in [3.63, 3.8) is 0 Å². The molecule has 6 heteroatoms. The lowest BCUT2D eigenvalue weighted by Crippen LogP contribution is -1.95. The van der Waals surface area contributed by atoms with Gasteiger partial charge in [0, 0.05) is 11.8 Å². The van der Waals surface area contributed by atoms with Crippen molar-refractivity contribution in [2.24, 2.45) is 0 Å². The average Bonchev–Trinajstić information content (AvgIpc) is 2.71. The summed E-state index contributed by atoms with van der Waals surface area (Å²) in [6, 6.07) is 8.94. The largest absolute Gasteiger partial charge is 0.240 e. The first-order valence-corrected chi connectivity index (χ1v) is 7.80. The zero-order valence-corrected chi connectivity index (χ0v) is 11.5. The third-order valence-electron chi connectivity index (χ3n) is 2.35. The molecule has 0 aliphatic heterocycles. The van der Waals surface area contributed by atoms with Crippen LogP contribution in [0.2, 0.25) is 0 Å². The molecule has 0 saturated heterocycles. The van der Waals surface area contributed by atoms with Crippen LogP contribution in [0.1, 0.15) is 11.3 Å². The molecule has 18 heavy (non-hydrogen) atoms. The predicted octanol–water partition coefficient (Wildman–Crippen LogP) is 2.39. The van der Waals surface area contributed by atoms with Crippen LogP contribution < -0.4 is 0 Å². The number of aromatic nitrogens is 1. The molecule has 0 unspecified atom stereocenters. The highest BCUT2D eigenvalue weighted by atomic mass is 32.2. The Balaban J connectivity index is 2.50. The Bertz CT molecular complexity index is 722. The van der Waals surface area contributed by atoms with Crippen LogP contribution in [-0.4, -0.2) is 19.7 Å². The van der Waals surface area contributed by atoms with Crippen molar-refractivity contribution in [3.05, 3.63) is 35.5 Å². The van der Waals surface area contributed by atoms with Crippen molar-refractivity contribution in [3.8, 4) is 16.6 Å². The summed E-state index contributed by atoms with van der Waals surface area (Å²) >= 11 is 1.15. The molecule has 0 fully saturated rings. The molecule has 1 aromatic carbocycles. The molecule has 0 amide bonds. The van der Waals surface area contributed by atoms with Crippen molar-refractivity contribution >= 4 is 21.2 Å². The minimum atomic E-state index is -3.23. The van der Waals surface area contributed by atoms with E-state index in [1.165, 1.54) is 6.26 Å². The fourth-order valence-electron chi connectivity index (χ4n) is 1.54. The van der Waals surface area contributed by atoms with E-state index in [4.69, 9.17) is 5.26 Å². The number of nitriles is 1. The molecule has 1 heterocycles. The fourth-order valence-corrected chi connectivity index (χ4v) is 3.77. The highest BCUT2D eigenvalue weighted by Gasteiger charge is 2.17. The van der Waals surface area contributed by atoms with E-state index in [9.17, 15) is 8.42 Å². The molecule has 2 rings (SSSR count). The molecule has 0 saturated carbocycles. The maximum Gasteiger partial charge on any atom is 0.186 e. The summed E-state index contributed by atoms with van der Waals surface area (Å²) in [7, 11) is -3.23. The van der Waals surface area contributed by atoms with Crippen LogP contribution >= 0.6 is 11.3 Å². The number of nitrogens with zero attached hydrogens (tertiary/aromatic N) is 2. The summed E-state index contributed by atoms with van der Waals surface area (Å²) in [4.78, 5) is 4.26. The monoisotopic (exact) mass is 278 g/mol. The number of rotatable bonds is 2. The quantitative estimate of drug-likeness (QED) is 0.845. The molecule has 0 bridgehead atoms. The summed E-state index contributed by atoms with van der Waals surface area (Å²) in [6.07, 6.45) is 1.18. The predicted molar refractivity (Wildman–Crippen MR) is 70.1 cm³/mol. The Labute approximate surface area is 109 Å². The Morgan fingerprint density at radius 3 is 2.33 bits per heavy atom. The molecular formula is C12H10N2O2S2.